The molecule has 18 heavy (non-hydrogen) atoms. The van der Waals surface area contributed by atoms with Gasteiger partial charge in [0.2, 0.25) is 10.0 Å². The van der Waals surface area contributed by atoms with Crippen LogP contribution >= 0.6 is 0 Å². The van der Waals surface area contributed by atoms with Gasteiger partial charge >= 0.3 is 5.97 Å². The lowest BCUT2D eigenvalue weighted by Gasteiger charge is -2.34. The normalized spacial score (nSPS) is 20.6. The van der Waals surface area contributed by atoms with Crippen molar-refractivity contribution in [3.8, 4) is 0 Å². The molecule has 7 heteroatoms. The number of nitrogens with zero attached hydrogens (tertiary/aromatic N) is 1. The van der Waals surface area contributed by atoms with Gasteiger partial charge in [0.05, 0.1) is 13.4 Å². The van der Waals surface area contributed by atoms with E-state index in [1.54, 1.807) is 0 Å². The van der Waals surface area contributed by atoms with Crippen LogP contribution in [-0.2, 0) is 19.6 Å². The summed E-state index contributed by atoms with van der Waals surface area (Å²) in [5.74, 6) is 0.128. The lowest BCUT2D eigenvalue weighted by atomic mass is 9.96. The number of methoxy groups -OCH3 is 1. The zero-order chi connectivity index (χ0) is 13.8. The maximum Gasteiger partial charge on any atom is 0.322 e. The molecule has 1 N–H and O–H groups in total. The Morgan fingerprint density at radius 3 is 2.44 bits per heavy atom. The molecule has 0 aromatic heterocycles. The van der Waals surface area contributed by atoms with Crippen molar-refractivity contribution in [1.82, 2.24) is 9.62 Å². The molecular weight excluding hydrogens is 256 g/mol. The molecular formula is C11H22N2O4S. The van der Waals surface area contributed by atoms with Crippen LogP contribution in [-0.4, -0.2) is 58.3 Å². The number of piperidine rings is 1. The summed E-state index contributed by atoms with van der Waals surface area (Å²) < 4.78 is 29.2. The monoisotopic (exact) mass is 278 g/mol. The van der Waals surface area contributed by atoms with Crippen LogP contribution in [0.25, 0.3) is 0 Å². The van der Waals surface area contributed by atoms with E-state index in [-0.39, 0.29) is 12.0 Å². The summed E-state index contributed by atoms with van der Waals surface area (Å²) in [6.45, 7) is 3.92. The van der Waals surface area contributed by atoms with Crippen molar-refractivity contribution < 1.29 is 17.9 Å². The van der Waals surface area contributed by atoms with Gasteiger partial charge in [-0.25, -0.2) is 13.1 Å². The van der Waals surface area contributed by atoms with Crippen LogP contribution in [0.1, 0.15) is 19.8 Å². The first-order valence-electron chi connectivity index (χ1n) is 6.10. The van der Waals surface area contributed by atoms with E-state index in [0.29, 0.717) is 12.5 Å². The standard InChI is InChI=1S/C11H22N2O4S/c1-9(11(14)17-2)13-6-4-10(5-7-13)8-12-18(3,15)16/h9-10,12H,4-8H2,1-3H3/t9-/m1/s1. The summed E-state index contributed by atoms with van der Waals surface area (Å²) in [5.41, 5.74) is 0. The first-order valence-corrected chi connectivity index (χ1v) is 7.99. The first kappa shape index (κ1) is 15.4. The number of sulfonamides is 1. The van der Waals surface area contributed by atoms with Crippen molar-refractivity contribution in [2.75, 3.05) is 33.0 Å². The second-order valence-corrected chi connectivity index (χ2v) is 6.63. The third kappa shape index (κ3) is 4.91. The van der Waals surface area contributed by atoms with Crippen molar-refractivity contribution in [1.29, 1.82) is 0 Å². The van der Waals surface area contributed by atoms with E-state index in [9.17, 15) is 13.2 Å². The number of hydrogen-bond donors (Lipinski definition) is 1. The Labute approximate surface area is 109 Å². The zero-order valence-corrected chi connectivity index (χ0v) is 12.0. The van der Waals surface area contributed by atoms with Crippen LogP contribution in [0.5, 0.6) is 0 Å². The molecule has 0 unspecified atom stereocenters. The molecule has 0 amide bonds. The van der Waals surface area contributed by atoms with Gasteiger partial charge in [0, 0.05) is 6.54 Å². The highest BCUT2D eigenvalue weighted by Crippen LogP contribution is 2.18. The van der Waals surface area contributed by atoms with E-state index in [1.807, 2.05) is 6.92 Å². The van der Waals surface area contributed by atoms with E-state index in [2.05, 4.69) is 9.62 Å². The number of likely N-dealkylation sites (tertiary alicyclic amines) is 1. The Balaban J connectivity index is 2.35. The molecule has 0 bridgehead atoms. The van der Waals surface area contributed by atoms with Gasteiger partial charge in [0.25, 0.3) is 0 Å². The van der Waals surface area contributed by atoms with Gasteiger partial charge in [-0.1, -0.05) is 0 Å². The van der Waals surface area contributed by atoms with Gasteiger partial charge in [-0.05, 0) is 38.8 Å². The zero-order valence-electron chi connectivity index (χ0n) is 11.2. The summed E-state index contributed by atoms with van der Waals surface area (Å²) >= 11 is 0. The molecule has 6 nitrogen and oxygen atoms in total. The molecule has 1 atom stereocenters. The van der Waals surface area contributed by atoms with Crippen LogP contribution in [0, 0.1) is 5.92 Å². The number of ether oxygens (including phenoxy) is 1. The molecule has 1 heterocycles. The van der Waals surface area contributed by atoms with E-state index >= 15 is 0 Å². The van der Waals surface area contributed by atoms with E-state index < -0.39 is 10.0 Å². The molecule has 1 aliphatic rings. The number of hydrogen-bond acceptors (Lipinski definition) is 5. The number of esters is 1. The average Bonchev–Trinajstić information content (AvgIpc) is 2.34. The van der Waals surface area contributed by atoms with Gasteiger partial charge in [0.15, 0.2) is 0 Å². The quantitative estimate of drug-likeness (QED) is 0.705. The minimum Gasteiger partial charge on any atom is -0.468 e. The summed E-state index contributed by atoms with van der Waals surface area (Å²) in [6, 6.07) is -0.223. The van der Waals surface area contributed by atoms with Crippen molar-refractivity contribution >= 4 is 16.0 Å². The third-order valence-electron chi connectivity index (χ3n) is 3.37. The van der Waals surface area contributed by atoms with E-state index in [1.165, 1.54) is 13.4 Å². The third-order valence-corrected chi connectivity index (χ3v) is 4.06. The summed E-state index contributed by atoms with van der Waals surface area (Å²) in [5, 5.41) is 0. The van der Waals surface area contributed by atoms with Gasteiger partial charge in [-0.2, -0.15) is 0 Å². The smallest absolute Gasteiger partial charge is 0.322 e. The van der Waals surface area contributed by atoms with Crippen LogP contribution in [0.3, 0.4) is 0 Å². The molecule has 1 saturated heterocycles. The van der Waals surface area contributed by atoms with Gasteiger partial charge in [-0.3, -0.25) is 9.69 Å². The Morgan fingerprint density at radius 1 is 1.44 bits per heavy atom. The molecule has 0 aliphatic carbocycles. The number of carbonyl (C=O) groups excluding carboxylic acids is 1. The molecule has 0 spiro atoms. The molecule has 0 aromatic carbocycles. The number of rotatable bonds is 5. The van der Waals surface area contributed by atoms with Gasteiger partial charge in [0.1, 0.15) is 6.04 Å². The Kier molecular flexibility index (Phi) is 5.55. The van der Waals surface area contributed by atoms with Crippen LogP contribution in [0.2, 0.25) is 0 Å². The number of nitrogens with one attached hydrogen (secondary N) is 1. The second kappa shape index (κ2) is 6.49. The van der Waals surface area contributed by atoms with Crippen molar-refractivity contribution in [3.05, 3.63) is 0 Å². The van der Waals surface area contributed by atoms with Crippen LogP contribution < -0.4 is 4.72 Å². The Hall–Kier alpha value is -0.660. The predicted octanol–water partition coefficient (Wildman–Crippen LogP) is -0.191. The fraction of sp³-hybridized carbons (Fsp3) is 0.909. The fourth-order valence-electron chi connectivity index (χ4n) is 2.13. The maximum atomic E-state index is 11.4. The maximum absolute atomic E-state index is 11.4. The summed E-state index contributed by atoms with van der Waals surface area (Å²) in [7, 11) is -1.72. The van der Waals surface area contributed by atoms with Crippen molar-refractivity contribution in [2.24, 2.45) is 5.92 Å². The van der Waals surface area contributed by atoms with Crippen molar-refractivity contribution in [3.63, 3.8) is 0 Å². The molecule has 0 saturated carbocycles. The van der Waals surface area contributed by atoms with E-state index in [0.717, 1.165) is 25.9 Å². The lowest BCUT2D eigenvalue weighted by Crippen LogP contribution is -2.46. The topological polar surface area (TPSA) is 75.7 Å². The fourth-order valence-corrected chi connectivity index (χ4v) is 2.67. The van der Waals surface area contributed by atoms with Gasteiger partial charge in [-0.15, -0.1) is 0 Å². The van der Waals surface area contributed by atoms with Crippen LogP contribution in [0.4, 0.5) is 0 Å². The average molecular weight is 278 g/mol. The molecule has 106 valence electrons. The van der Waals surface area contributed by atoms with Gasteiger partial charge < -0.3 is 4.74 Å². The largest absolute Gasteiger partial charge is 0.468 e. The lowest BCUT2D eigenvalue weighted by molar-refractivity contribution is -0.146. The second-order valence-electron chi connectivity index (χ2n) is 4.80. The Bertz CT molecular complexity index is 375. The highest BCUT2D eigenvalue weighted by Gasteiger charge is 2.27. The molecule has 1 rings (SSSR count). The summed E-state index contributed by atoms with van der Waals surface area (Å²) in [6.07, 6.45) is 2.95. The highest BCUT2D eigenvalue weighted by molar-refractivity contribution is 7.88. The van der Waals surface area contributed by atoms with Crippen LogP contribution in [0.15, 0.2) is 0 Å². The highest BCUT2D eigenvalue weighted by atomic mass is 32.2. The summed E-state index contributed by atoms with van der Waals surface area (Å²) in [4.78, 5) is 13.5. The minimum atomic E-state index is -3.11. The molecule has 1 fully saturated rings. The molecule has 0 aromatic rings. The van der Waals surface area contributed by atoms with Crippen molar-refractivity contribution in [2.45, 2.75) is 25.8 Å². The number of carbonyl (C=O) groups is 1. The Morgan fingerprint density at radius 2 is 2.00 bits per heavy atom. The SMILES string of the molecule is COC(=O)[C@@H](C)N1CCC(CNS(C)(=O)=O)CC1. The first-order chi connectivity index (χ1) is 8.33. The minimum absolute atomic E-state index is 0.220. The molecule has 1 aliphatic heterocycles. The van der Waals surface area contributed by atoms with E-state index in [4.69, 9.17) is 4.74 Å². The predicted molar refractivity (Wildman–Crippen MR) is 68.6 cm³/mol. The molecule has 0 radical (unpaired) electrons.